The van der Waals surface area contributed by atoms with Crippen LogP contribution in [0.2, 0.25) is 0 Å². The molecule has 2 amide bonds. The molecule has 0 N–H and O–H groups in total. The van der Waals surface area contributed by atoms with Crippen LogP contribution in [0, 0.1) is 0 Å². The van der Waals surface area contributed by atoms with Crippen molar-refractivity contribution >= 4 is 11.8 Å². The molecule has 2 aliphatic heterocycles. The van der Waals surface area contributed by atoms with E-state index >= 15 is 0 Å². The molecule has 1 unspecified atom stereocenters. The first-order valence-electron chi connectivity index (χ1n) is 12.7. The van der Waals surface area contributed by atoms with Crippen molar-refractivity contribution < 1.29 is 23.8 Å². The molecule has 0 radical (unpaired) electrons. The van der Waals surface area contributed by atoms with Crippen molar-refractivity contribution in [2.75, 3.05) is 53.5 Å². The van der Waals surface area contributed by atoms with Crippen LogP contribution in [0.5, 0.6) is 11.5 Å². The van der Waals surface area contributed by atoms with Crippen LogP contribution < -0.4 is 9.47 Å². The highest BCUT2D eigenvalue weighted by molar-refractivity contribution is 5.79. The summed E-state index contributed by atoms with van der Waals surface area (Å²) in [5, 5.41) is 0. The van der Waals surface area contributed by atoms with Crippen molar-refractivity contribution in [1.82, 2.24) is 14.7 Å². The monoisotopic (exact) mass is 495 g/mol. The molecule has 1 atom stereocenters. The molecule has 8 heteroatoms. The highest BCUT2D eigenvalue weighted by Gasteiger charge is 2.29. The van der Waals surface area contributed by atoms with Gasteiger partial charge in [0.05, 0.1) is 33.5 Å². The number of hydrogen-bond acceptors (Lipinski definition) is 6. The van der Waals surface area contributed by atoms with Crippen LogP contribution in [0.4, 0.5) is 0 Å². The van der Waals surface area contributed by atoms with E-state index in [9.17, 15) is 9.59 Å². The minimum absolute atomic E-state index is 0.0843. The van der Waals surface area contributed by atoms with E-state index in [0.29, 0.717) is 52.3 Å². The Bertz CT molecular complexity index is 1020. The molecular formula is C28H37N3O5. The molecule has 0 bridgehead atoms. The molecule has 2 fully saturated rings. The predicted molar refractivity (Wildman–Crippen MR) is 137 cm³/mol. The van der Waals surface area contributed by atoms with Crippen molar-refractivity contribution in [2.24, 2.45) is 0 Å². The molecular weight excluding hydrogens is 458 g/mol. The Morgan fingerprint density at radius 1 is 0.917 bits per heavy atom. The van der Waals surface area contributed by atoms with Gasteiger partial charge in [-0.15, -0.1) is 0 Å². The van der Waals surface area contributed by atoms with Crippen LogP contribution in [0.1, 0.15) is 30.4 Å². The number of nitrogens with zero attached hydrogens (tertiary/aromatic N) is 3. The zero-order valence-electron chi connectivity index (χ0n) is 21.4. The van der Waals surface area contributed by atoms with E-state index < -0.39 is 0 Å². The van der Waals surface area contributed by atoms with Crippen molar-refractivity contribution in [2.45, 2.75) is 38.5 Å². The molecule has 0 saturated carbocycles. The molecule has 4 rings (SSSR count). The first-order chi connectivity index (χ1) is 17.6. The Morgan fingerprint density at radius 2 is 1.72 bits per heavy atom. The highest BCUT2D eigenvalue weighted by atomic mass is 16.5. The first kappa shape index (κ1) is 26.0. The van der Waals surface area contributed by atoms with Crippen molar-refractivity contribution in [3.63, 3.8) is 0 Å². The molecule has 2 heterocycles. The van der Waals surface area contributed by atoms with Crippen LogP contribution in [-0.2, 0) is 27.5 Å². The maximum absolute atomic E-state index is 13.3. The van der Waals surface area contributed by atoms with Gasteiger partial charge in [-0.3, -0.25) is 14.5 Å². The Hall–Kier alpha value is -3.10. The number of carbonyl (C=O) groups is 2. The van der Waals surface area contributed by atoms with E-state index in [0.717, 1.165) is 42.0 Å². The van der Waals surface area contributed by atoms with Crippen molar-refractivity contribution in [3.8, 4) is 11.5 Å². The summed E-state index contributed by atoms with van der Waals surface area (Å²) >= 11 is 0. The van der Waals surface area contributed by atoms with Gasteiger partial charge < -0.3 is 24.0 Å². The number of hydrogen-bond donors (Lipinski definition) is 0. The van der Waals surface area contributed by atoms with Gasteiger partial charge in [0.2, 0.25) is 11.8 Å². The van der Waals surface area contributed by atoms with Gasteiger partial charge in [-0.25, -0.2) is 0 Å². The second kappa shape index (κ2) is 12.7. The number of methoxy groups -OCH3 is 2. The normalized spacial score (nSPS) is 19.0. The number of amides is 2. The molecule has 0 aliphatic carbocycles. The van der Waals surface area contributed by atoms with E-state index in [4.69, 9.17) is 14.2 Å². The average Bonchev–Trinajstić information content (AvgIpc) is 3.24. The summed E-state index contributed by atoms with van der Waals surface area (Å²) in [6, 6.07) is 15.9. The smallest absolute Gasteiger partial charge is 0.236 e. The topological polar surface area (TPSA) is 71.6 Å². The van der Waals surface area contributed by atoms with Gasteiger partial charge in [0.15, 0.2) is 0 Å². The molecule has 194 valence electrons. The fraction of sp³-hybridized carbons (Fsp3) is 0.500. The number of benzene rings is 2. The van der Waals surface area contributed by atoms with Crippen LogP contribution in [-0.4, -0.2) is 86.1 Å². The summed E-state index contributed by atoms with van der Waals surface area (Å²) < 4.78 is 17.2. The number of ether oxygens (including phenoxy) is 3. The fourth-order valence-corrected chi connectivity index (χ4v) is 4.90. The summed E-state index contributed by atoms with van der Waals surface area (Å²) in [4.78, 5) is 31.2. The molecule has 8 nitrogen and oxygen atoms in total. The summed E-state index contributed by atoms with van der Waals surface area (Å²) in [7, 11) is 3.27. The van der Waals surface area contributed by atoms with Gasteiger partial charge in [-0.1, -0.05) is 36.4 Å². The Morgan fingerprint density at radius 3 is 2.44 bits per heavy atom. The second-order valence-electron chi connectivity index (χ2n) is 9.44. The quantitative estimate of drug-likeness (QED) is 0.477. The summed E-state index contributed by atoms with van der Waals surface area (Å²) in [5.74, 6) is 1.77. The minimum Gasteiger partial charge on any atom is -0.497 e. The van der Waals surface area contributed by atoms with Gasteiger partial charge in [-0.2, -0.15) is 0 Å². The van der Waals surface area contributed by atoms with Crippen LogP contribution >= 0.6 is 0 Å². The van der Waals surface area contributed by atoms with Crippen molar-refractivity contribution in [1.29, 1.82) is 0 Å². The maximum atomic E-state index is 13.3. The minimum atomic E-state index is -0.130. The van der Waals surface area contributed by atoms with Crippen LogP contribution in [0.3, 0.4) is 0 Å². The van der Waals surface area contributed by atoms with Gasteiger partial charge in [-0.05, 0) is 24.5 Å². The van der Waals surface area contributed by atoms with Crippen molar-refractivity contribution in [3.05, 3.63) is 59.7 Å². The standard InChI is InChI=1S/C28H37N3O5/c1-34-24-12-11-23(26(16-24)35-2)17-29-18-25(36-21-22-8-4-3-5-9-22)19-31(28(33)20-29)15-7-14-30-13-6-10-27(30)32/h3-5,8-9,11-12,16,25H,6-7,10,13-15,17-21H2,1-2H3. The van der Waals surface area contributed by atoms with Gasteiger partial charge in [0.1, 0.15) is 11.5 Å². The predicted octanol–water partition coefficient (Wildman–Crippen LogP) is 2.95. The highest BCUT2D eigenvalue weighted by Crippen LogP contribution is 2.26. The summed E-state index contributed by atoms with van der Waals surface area (Å²) in [5.41, 5.74) is 2.10. The van der Waals surface area contributed by atoms with E-state index in [-0.39, 0.29) is 17.9 Å². The molecule has 2 aliphatic rings. The third kappa shape index (κ3) is 6.98. The SMILES string of the molecule is COc1ccc(CN2CC(=O)N(CCCN3CCCC3=O)CC(OCc3ccccc3)C2)c(OC)c1. The molecule has 2 aromatic rings. The Balaban J connectivity index is 1.44. The van der Waals surface area contributed by atoms with E-state index in [1.165, 1.54) is 0 Å². The van der Waals surface area contributed by atoms with Gasteiger partial charge in [0, 0.05) is 57.3 Å². The lowest BCUT2D eigenvalue weighted by molar-refractivity contribution is -0.132. The summed E-state index contributed by atoms with van der Waals surface area (Å²) in [6.07, 6.45) is 2.21. The molecule has 2 aromatic carbocycles. The average molecular weight is 496 g/mol. The lowest BCUT2D eigenvalue weighted by atomic mass is 10.1. The molecule has 0 spiro atoms. The molecule has 36 heavy (non-hydrogen) atoms. The first-order valence-corrected chi connectivity index (χ1v) is 12.7. The second-order valence-corrected chi connectivity index (χ2v) is 9.44. The van der Waals surface area contributed by atoms with E-state index in [1.54, 1.807) is 14.2 Å². The largest absolute Gasteiger partial charge is 0.497 e. The number of rotatable bonds is 11. The number of likely N-dealkylation sites (tertiary alicyclic amines) is 1. The lowest BCUT2D eigenvalue weighted by Crippen LogP contribution is -2.39. The van der Waals surface area contributed by atoms with E-state index in [1.807, 2.05) is 58.3 Å². The fourth-order valence-electron chi connectivity index (χ4n) is 4.90. The Kier molecular flexibility index (Phi) is 9.19. The molecule has 2 saturated heterocycles. The molecule has 0 aromatic heterocycles. The maximum Gasteiger partial charge on any atom is 0.236 e. The zero-order valence-corrected chi connectivity index (χ0v) is 21.4. The van der Waals surface area contributed by atoms with Crippen LogP contribution in [0.25, 0.3) is 0 Å². The Labute approximate surface area is 213 Å². The van der Waals surface area contributed by atoms with Crippen LogP contribution in [0.15, 0.2) is 48.5 Å². The number of carbonyl (C=O) groups excluding carboxylic acids is 2. The summed E-state index contributed by atoms with van der Waals surface area (Å²) in [6.45, 7) is 4.69. The zero-order chi connectivity index (χ0) is 25.3. The van der Waals surface area contributed by atoms with Gasteiger partial charge in [0.25, 0.3) is 0 Å². The third-order valence-corrected chi connectivity index (χ3v) is 6.84. The third-order valence-electron chi connectivity index (χ3n) is 6.84. The lowest BCUT2D eigenvalue weighted by Gasteiger charge is -2.26. The van der Waals surface area contributed by atoms with E-state index in [2.05, 4.69) is 4.90 Å². The van der Waals surface area contributed by atoms with Gasteiger partial charge >= 0.3 is 0 Å².